The van der Waals surface area contributed by atoms with Crippen LogP contribution in [0, 0.1) is 12.7 Å². The monoisotopic (exact) mass is 608 g/mol. The van der Waals surface area contributed by atoms with E-state index >= 15 is 0 Å². The molecule has 4 aromatic rings. The smallest absolute Gasteiger partial charge is 0.147 e. The van der Waals surface area contributed by atoms with E-state index < -0.39 is 11.4 Å². The lowest BCUT2D eigenvalue weighted by molar-refractivity contribution is 0.0111. The van der Waals surface area contributed by atoms with E-state index in [0.29, 0.717) is 70.2 Å². The largest absolute Gasteiger partial charge is 0.508 e. The normalized spacial score (nSPS) is 16.5. The van der Waals surface area contributed by atoms with Crippen molar-refractivity contribution >= 4 is 34.6 Å². The maximum Gasteiger partial charge on any atom is 0.147 e. The van der Waals surface area contributed by atoms with Crippen molar-refractivity contribution in [3.05, 3.63) is 105 Å². The first-order valence-electron chi connectivity index (χ1n) is 14.0. The van der Waals surface area contributed by atoms with E-state index in [0.717, 1.165) is 35.3 Å². The number of ether oxygens (including phenoxy) is 1. The highest BCUT2D eigenvalue weighted by molar-refractivity contribution is 6.39. The molecular formula is C33H31Cl2FN2O4. The minimum atomic E-state index is -1.03. The molecule has 0 spiro atoms. The third-order valence-corrected chi connectivity index (χ3v) is 8.85. The zero-order chi connectivity index (χ0) is 29.6. The van der Waals surface area contributed by atoms with Gasteiger partial charge in [0.1, 0.15) is 35.4 Å². The van der Waals surface area contributed by atoms with Crippen LogP contribution in [0.15, 0.2) is 65.7 Å². The van der Waals surface area contributed by atoms with Gasteiger partial charge < -0.3 is 24.4 Å². The molecule has 218 valence electrons. The van der Waals surface area contributed by atoms with Crippen LogP contribution in [-0.2, 0) is 12.2 Å². The van der Waals surface area contributed by atoms with Crippen LogP contribution in [0.25, 0.3) is 17.0 Å². The zero-order valence-electron chi connectivity index (χ0n) is 23.2. The molecule has 1 saturated heterocycles. The number of aryl methyl sites for hydroxylation is 1. The molecule has 2 aliphatic rings. The van der Waals surface area contributed by atoms with Crippen LogP contribution in [0.2, 0.25) is 10.0 Å². The number of halogens is 3. The number of rotatable bonds is 8. The Morgan fingerprint density at radius 3 is 2.48 bits per heavy atom. The van der Waals surface area contributed by atoms with Gasteiger partial charge in [-0.15, -0.1) is 0 Å². The van der Waals surface area contributed by atoms with Crippen molar-refractivity contribution in [1.29, 1.82) is 0 Å². The number of benzene rings is 3. The van der Waals surface area contributed by atoms with Gasteiger partial charge in [0.15, 0.2) is 0 Å². The van der Waals surface area contributed by atoms with Crippen molar-refractivity contribution in [2.75, 3.05) is 18.0 Å². The molecule has 0 radical (unpaired) electrons. The Morgan fingerprint density at radius 1 is 1.12 bits per heavy atom. The lowest BCUT2D eigenvalue weighted by atomic mass is 9.82. The number of anilines is 1. The second-order valence-corrected chi connectivity index (χ2v) is 12.0. The quantitative estimate of drug-likeness (QED) is 0.195. The molecule has 9 heteroatoms. The van der Waals surface area contributed by atoms with Crippen LogP contribution in [0.1, 0.15) is 59.6 Å². The van der Waals surface area contributed by atoms with Gasteiger partial charge in [-0.2, -0.15) is 0 Å². The van der Waals surface area contributed by atoms with Gasteiger partial charge in [-0.3, -0.25) is 0 Å². The number of piperidine rings is 1. The Hall–Kier alpha value is -3.52. The van der Waals surface area contributed by atoms with Crippen LogP contribution >= 0.6 is 23.2 Å². The van der Waals surface area contributed by atoms with Crippen LogP contribution in [0.5, 0.6) is 5.75 Å². The van der Waals surface area contributed by atoms with E-state index in [1.54, 1.807) is 24.3 Å². The van der Waals surface area contributed by atoms with Gasteiger partial charge in [0, 0.05) is 35.8 Å². The topological polar surface area (TPSA) is 79.0 Å². The lowest BCUT2D eigenvalue weighted by Gasteiger charge is -2.40. The summed E-state index contributed by atoms with van der Waals surface area (Å²) < 4.78 is 26.1. The van der Waals surface area contributed by atoms with Crippen molar-refractivity contribution in [3.63, 3.8) is 0 Å². The molecule has 2 heterocycles. The fourth-order valence-electron chi connectivity index (χ4n) is 5.78. The summed E-state index contributed by atoms with van der Waals surface area (Å²) in [7, 11) is 0. The molecule has 6 rings (SSSR count). The fraction of sp³-hybridized carbons (Fsp3) is 0.303. The Labute approximate surface area is 253 Å². The number of hydrogen-bond acceptors (Lipinski definition) is 6. The second-order valence-electron chi connectivity index (χ2n) is 11.2. The van der Waals surface area contributed by atoms with Crippen molar-refractivity contribution < 1.29 is 23.9 Å². The maximum absolute atomic E-state index is 14.2. The van der Waals surface area contributed by atoms with Gasteiger partial charge in [0.05, 0.1) is 21.2 Å². The molecule has 0 atom stereocenters. The highest BCUT2D eigenvalue weighted by Gasteiger charge is 2.36. The summed E-state index contributed by atoms with van der Waals surface area (Å²) in [4.78, 5) is 2.01. The first-order chi connectivity index (χ1) is 20.1. The Morgan fingerprint density at radius 2 is 1.83 bits per heavy atom. The van der Waals surface area contributed by atoms with E-state index in [-0.39, 0.29) is 12.4 Å². The minimum Gasteiger partial charge on any atom is -0.508 e. The van der Waals surface area contributed by atoms with Crippen molar-refractivity contribution in [3.8, 4) is 17.0 Å². The lowest BCUT2D eigenvalue weighted by Crippen LogP contribution is -2.43. The van der Waals surface area contributed by atoms with E-state index in [2.05, 4.69) is 11.7 Å². The summed E-state index contributed by atoms with van der Waals surface area (Å²) in [5, 5.41) is 26.7. The van der Waals surface area contributed by atoms with Crippen molar-refractivity contribution in [1.82, 2.24) is 5.16 Å². The molecule has 0 amide bonds. The molecule has 1 aliphatic heterocycles. The highest BCUT2D eigenvalue weighted by Crippen LogP contribution is 2.46. The Balaban J connectivity index is 1.18. The summed E-state index contributed by atoms with van der Waals surface area (Å²) in [5.74, 6) is 1.16. The maximum atomic E-state index is 14.2. The molecular weight excluding hydrogens is 578 g/mol. The summed E-state index contributed by atoms with van der Waals surface area (Å²) in [6.45, 7) is 6.75. The van der Waals surface area contributed by atoms with Gasteiger partial charge in [-0.1, -0.05) is 47.1 Å². The summed E-state index contributed by atoms with van der Waals surface area (Å²) in [5.41, 5.74) is 3.78. The fourth-order valence-corrected chi connectivity index (χ4v) is 6.36. The molecule has 0 unspecified atom stereocenters. The number of hydrogen-bond donors (Lipinski definition) is 2. The van der Waals surface area contributed by atoms with E-state index in [1.807, 2.05) is 30.0 Å². The molecule has 1 aromatic heterocycles. The molecule has 42 heavy (non-hydrogen) atoms. The van der Waals surface area contributed by atoms with E-state index in [1.165, 1.54) is 12.1 Å². The summed E-state index contributed by atoms with van der Waals surface area (Å²) >= 11 is 13.0. The van der Waals surface area contributed by atoms with Gasteiger partial charge >= 0.3 is 0 Å². The average Bonchev–Trinajstić information content (AvgIpc) is 3.71. The van der Waals surface area contributed by atoms with Crippen LogP contribution < -0.4 is 9.64 Å². The number of nitrogens with zero attached hydrogens (tertiary/aromatic N) is 2. The molecule has 2 N–H and O–H groups in total. The number of aliphatic hydroxyl groups is 2. The van der Waals surface area contributed by atoms with Gasteiger partial charge in [-0.05, 0) is 86.2 Å². The molecule has 1 aliphatic carbocycles. The van der Waals surface area contributed by atoms with Gasteiger partial charge in [0.2, 0.25) is 0 Å². The van der Waals surface area contributed by atoms with Crippen LogP contribution in [0.3, 0.4) is 0 Å². The molecule has 3 aromatic carbocycles. The molecule has 1 saturated carbocycles. The number of aromatic nitrogens is 1. The predicted molar refractivity (Wildman–Crippen MR) is 163 cm³/mol. The molecule has 0 bridgehead atoms. The first-order valence-corrected chi connectivity index (χ1v) is 14.7. The third-order valence-electron chi connectivity index (χ3n) is 8.22. The zero-order valence-corrected chi connectivity index (χ0v) is 24.7. The highest BCUT2D eigenvalue weighted by atomic mass is 35.5. The van der Waals surface area contributed by atoms with Gasteiger partial charge in [-0.25, -0.2) is 4.39 Å². The second kappa shape index (κ2) is 11.3. The third kappa shape index (κ3) is 5.61. The standard InChI is InChI=1S/C33H31Cl2FN2O4/c1-19-14-25(41-18-26-31(37-42-32(26)21-6-7-21)30-28(34)4-3-5-29(30)35)8-9-27(19)33(40)10-12-38(13-11-33)24-16-22(20(2)39)15-23(36)17-24/h3-5,8-9,14-17,21,39-40H,2,6-7,10-13,18H2,1H3. The van der Waals surface area contributed by atoms with Crippen molar-refractivity contribution in [2.45, 2.75) is 50.7 Å². The SMILES string of the molecule is C=C(O)c1cc(F)cc(N2CCC(O)(c3ccc(OCc4c(-c5c(Cl)cccc5Cl)noc4C4CC4)cc3C)CC2)c1. The Kier molecular flexibility index (Phi) is 7.68. The summed E-state index contributed by atoms with van der Waals surface area (Å²) in [6, 6.07) is 15.4. The summed E-state index contributed by atoms with van der Waals surface area (Å²) in [6.07, 6.45) is 3.01. The molecule has 6 nitrogen and oxygen atoms in total. The Bertz CT molecular complexity index is 1640. The van der Waals surface area contributed by atoms with E-state index in [4.69, 9.17) is 32.5 Å². The average molecular weight is 610 g/mol. The number of aliphatic hydroxyl groups excluding tert-OH is 1. The van der Waals surface area contributed by atoms with Crippen LogP contribution in [-0.4, -0.2) is 28.5 Å². The van der Waals surface area contributed by atoms with Gasteiger partial charge in [0.25, 0.3) is 0 Å². The van der Waals surface area contributed by atoms with Crippen LogP contribution in [0.4, 0.5) is 10.1 Å². The first kappa shape index (κ1) is 28.6. The molecule has 2 fully saturated rings. The minimum absolute atomic E-state index is 0.182. The predicted octanol–water partition coefficient (Wildman–Crippen LogP) is 8.57. The van der Waals surface area contributed by atoms with Crippen molar-refractivity contribution in [2.24, 2.45) is 0 Å². The van der Waals surface area contributed by atoms with E-state index in [9.17, 15) is 14.6 Å².